The first-order chi connectivity index (χ1) is 12.9. The van der Waals surface area contributed by atoms with Crippen LogP contribution < -0.4 is 0 Å². The van der Waals surface area contributed by atoms with Crippen molar-refractivity contribution in [2.45, 2.75) is 96.1 Å². The van der Waals surface area contributed by atoms with Gasteiger partial charge in [-0.3, -0.25) is 0 Å². The van der Waals surface area contributed by atoms with Gasteiger partial charge in [-0.25, -0.2) is 0 Å². The second-order valence-corrected chi connectivity index (χ2v) is 9.07. The second-order valence-electron chi connectivity index (χ2n) is 9.07. The van der Waals surface area contributed by atoms with Gasteiger partial charge in [0.15, 0.2) is 0 Å². The molecule has 0 N–H and O–H groups in total. The number of unbranched alkanes of at least 4 members (excludes halogenated alkanes) is 1. The van der Waals surface area contributed by atoms with E-state index in [1.165, 1.54) is 76.2 Å². The number of halogens is 3. The normalized spacial score (nSPS) is 29.6. The Morgan fingerprint density at radius 1 is 0.815 bits per heavy atom. The maximum absolute atomic E-state index is 12.5. The van der Waals surface area contributed by atoms with Crippen molar-refractivity contribution in [1.29, 1.82) is 0 Å². The van der Waals surface area contributed by atoms with Gasteiger partial charge in [0.05, 0.1) is 6.42 Å². The van der Waals surface area contributed by atoms with E-state index in [1.807, 2.05) is 12.1 Å². The van der Waals surface area contributed by atoms with Gasteiger partial charge in [-0.2, -0.15) is 13.2 Å². The van der Waals surface area contributed by atoms with Gasteiger partial charge in [0.25, 0.3) is 0 Å². The SMILES string of the molecule is CCCC[C@H]1CC[C@H](C2CCC(c3ccc(CC(F)(F)F)cc3)CC2)CC1. The monoisotopic (exact) mass is 380 g/mol. The number of hydrogen-bond acceptors (Lipinski definition) is 0. The molecular formula is C24H35F3. The lowest BCUT2D eigenvalue weighted by atomic mass is 9.68. The van der Waals surface area contributed by atoms with E-state index in [0.29, 0.717) is 11.5 Å². The Morgan fingerprint density at radius 2 is 1.37 bits per heavy atom. The summed E-state index contributed by atoms with van der Waals surface area (Å²) in [6, 6.07) is 7.22. The molecule has 2 fully saturated rings. The molecule has 0 bridgehead atoms. The van der Waals surface area contributed by atoms with Crippen molar-refractivity contribution < 1.29 is 13.2 Å². The molecule has 3 heteroatoms. The number of alkyl halides is 3. The van der Waals surface area contributed by atoms with E-state index < -0.39 is 12.6 Å². The summed E-state index contributed by atoms with van der Waals surface area (Å²) in [6.07, 6.45) is 9.96. The molecule has 2 aliphatic rings. The highest BCUT2D eigenvalue weighted by Crippen LogP contribution is 2.44. The summed E-state index contributed by atoms with van der Waals surface area (Å²) in [5.74, 6) is 3.34. The summed E-state index contributed by atoms with van der Waals surface area (Å²) in [5.41, 5.74) is 1.61. The lowest BCUT2D eigenvalue weighted by Gasteiger charge is -2.38. The van der Waals surface area contributed by atoms with E-state index in [-0.39, 0.29) is 0 Å². The largest absolute Gasteiger partial charge is 0.393 e. The Balaban J connectivity index is 1.44. The lowest BCUT2D eigenvalue weighted by Crippen LogP contribution is -2.25. The maximum atomic E-state index is 12.5. The van der Waals surface area contributed by atoms with Crippen LogP contribution >= 0.6 is 0 Å². The molecule has 0 atom stereocenters. The first-order valence-corrected chi connectivity index (χ1v) is 11.1. The van der Waals surface area contributed by atoms with Crippen molar-refractivity contribution in [3.8, 4) is 0 Å². The third-order valence-electron chi connectivity index (χ3n) is 7.15. The van der Waals surface area contributed by atoms with E-state index in [1.54, 1.807) is 12.1 Å². The van der Waals surface area contributed by atoms with Gasteiger partial charge in [-0.05, 0) is 73.3 Å². The van der Waals surface area contributed by atoms with E-state index in [2.05, 4.69) is 6.92 Å². The van der Waals surface area contributed by atoms with Crippen LogP contribution in [-0.4, -0.2) is 6.18 Å². The molecule has 0 saturated heterocycles. The van der Waals surface area contributed by atoms with Crippen LogP contribution in [0.15, 0.2) is 24.3 Å². The van der Waals surface area contributed by atoms with Crippen LogP contribution in [0.1, 0.15) is 94.6 Å². The summed E-state index contributed by atoms with van der Waals surface area (Å²) in [4.78, 5) is 0. The quantitative estimate of drug-likeness (QED) is 0.468. The first-order valence-electron chi connectivity index (χ1n) is 11.1. The highest BCUT2D eigenvalue weighted by molar-refractivity contribution is 5.26. The average Bonchev–Trinajstić information content (AvgIpc) is 2.66. The molecule has 2 aliphatic carbocycles. The lowest BCUT2D eigenvalue weighted by molar-refractivity contribution is -0.127. The van der Waals surface area contributed by atoms with Gasteiger partial charge in [-0.15, -0.1) is 0 Å². The summed E-state index contributed by atoms with van der Waals surface area (Å²) in [7, 11) is 0. The fourth-order valence-electron chi connectivity index (χ4n) is 5.50. The summed E-state index contributed by atoms with van der Waals surface area (Å²) >= 11 is 0. The van der Waals surface area contributed by atoms with Crippen molar-refractivity contribution in [3.05, 3.63) is 35.4 Å². The van der Waals surface area contributed by atoms with E-state index in [9.17, 15) is 13.2 Å². The molecule has 1 aromatic rings. The van der Waals surface area contributed by atoms with Gasteiger partial charge in [-0.1, -0.05) is 63.3 Å². The van der Waals surface area contributed by atoms with Crippen LogP contribution in [0, 0.1) is 17.8 Å². The van der Waals surface area contributed by atoms with Gasteiger partial charge < -0.3 is 0 Å². The Morgan fingerprint density at radius 3 is 1.89 bits per heavy atom. The number of hydrogen-bond donors (Lipinski definition) is 0. The predicted molar refractivity (Wildman–Crippen MR) is 106 cm³/mol. The van der Waals surface area contributed by atoms with Crippen LogP contribution in [0.3, 0.4) is 0 Å². The number of benzene rings is 1. The molecule has 0 aliphatic heterocycles. The summed E-state index contributed by atoms with van der Waals surface area (Å²) < 4.78 is 37.5. The average molecular weight is 381 g/mol. The summed E-state index contributed by atoms with van der Waals surface area (Å²) in [6.45, 7) is 2.29. The molecule has 152 valence electrons. The van der Waals surface area contributed by atoms with Crippen molar-refractivity contribution >= 4 is 0 Å². The molecule has 0 radical (unpaired) electrons. The molecule has 0 aromatic heterocycles. The Labute approximate surface area is 162 Å². The second kappa shape index (κ2) is 9.47. The molecular weight excluding hydrogens is 345 g/mol. The first kappa shape index (κ1) is 20.7. The molecule has 0 unspecified atom stereocenters. The minimum Gasteiger partial charge on any atom is -0.171 e. The molecule has 27 heavy (non-hydrogen) atoms. The molecule has 0 amide bonds. The van der Waals surface area contributed by atoms with Gasteiger partial charge >= 0.3 is 6.18 Å². The number of rotatable bonds is 6. The van der Waals surface area contributed by atoms with Gasteiger partial charge in [0.2, 0.25) is 0 Å². The Bertz CT molecular complexity index is 544. The van der Waals surface area contributed by atoms with E-state index >= 15 is 0 Å². The molecule has 0 nitrogen and oxygen atoms in total. The fraction of sp³-hybridized carbons (Fsp3) is 0.750. The minimum absolute atomic E-state index is 0.375. The Hall–Kier alpha value is -0.990. The van der Waals surface area contributed by atoms with E-state index in [0.717, 1.165) is 17.8 Å². The van der Waals surface area contributed by atoms with E-state index in [4.69, 9.17) is 0 Å². The van der Waals surface area contributed by atoms with Crippen LogP contribution in [0.5, 0.6) is 0 Å². The third-order valence-corrected chi connectivity index (χ3v) is 7.15. The molecule has 2 saturated carbocycles. The molecule has 3 rings (SSSR count). The van der Waals surface area contributed by atoms with Crippen LogP contribution in [0.2, 0.25) is 0 Å². The molecule has 1 aromatic carbocycles. The summed E-state index contributed by atoms with van der Waals surface area (Å²) in [5, 5.41) is 0. The highest BCUT2D eigenvalue weighted by Gasteiger charge is 2.31. The van der Waals surface area contributed by atoms with Crippen molar-refractivity contribution in [1.82, 2.24) is 0 Å². The van der Waals surface area contributed by atoms with Crippen LogP contribution in [0.4, 0.5) is 13.2 Å². The van der Waals surface area contributed by atoms with Gasteiger partial charge in [0, 0.05) is 0 Å². The van der Waals surface area contributed by atoms with Crippen LogP contribution in [-0.2, 0) is 6.42 Å². The zero-order chi connectivity index (χ0) is 19.3. The van der Waals surface area contributed by atoms with Gasteiger partial charge in [0.1, 0.15) is 0 Å². The highest BCUT2D eigenvalue weighted by atomic mass is 19.4. The molecule has 0 heterocycles. The minimum atomic E-state index is -4.12. The molecule has 0 spiro atoms. The fourth-order valence-corrected chi connectivity index (χ4v) is 5.50. The topological polar surface area (TPSA) is 0 Å². The zero-order valence-corrected chi connectivity index (χ0v) is 16.7. The standard InChI is InChI=1S/C24H35F3/c1-2-3-4-18-5-9-20(10-6-18)22-13-15-23(16-14-22)21-11-7-19(8-12-21)17-24(25,26)27/h7-8,11-12,18,20,22-23H,2-6,9-10,13-17H2,1H3/t18-,20-,22?,23?. The Kier molecular flexibility index (Phi) is 7.28. The van der Waals surface area contributed by atoms with Crippen molar-refractivity contribution in [2.75, 3.05) is 0 Å². The predicted octanol–water partition coefficient (Wildman–Crippen LogP) is 8.06. The smallest absolute Gasteiger partial charge is 0.171 e. The van der Waals surface area contributed by atoms with Crippen molar-refractivity contribution in [3.63, 3.8) is 0 Å². The van der Waals surface area contributed by atoms with Crippen molar-refractivity contribution in [2.24, 2.45) is 17.8 Å². The third kappa shape index (κ3) is 6.26. The maximum Gasteiger partial charge on any atom is 0.393 e. The zero-order valence-electron chi connectivity index (χ0n) is 16.7. The van der Waals surface area contributed by atoms with Crippen LogP contribution in [0.25, 0.3) is 0 Å².